The van der Waals surface area contributed by atoms with E-state index in [1.165, 1.54) is 75.5 Å². The van der Waals surface area contributed by atoms with E-state index in [0.717, 1.165) is 17.1 Å². The highest BCUT2D eigenvalue weighted by Gasteiger charge is 2.16. The van der Waals surface area contributed by atoms with E-state index in [1.54, 1.807) is 0 Å². The largest absolute Gasteiger partial charge is 0.310 e. The van der Waals surface area contributed by atoms with Crippen LogP contribution >= 0.6 is 11.3 Å². The summed E-state index contributed by atoms with van der Waals surface area (Å²) in [5.41, 5.74) is 13.0. The number of fused-ring (bicyclic) bond motifs is 5. The van der Waals surface area contributed by atoms with Crippen molar-refractivity contribution in [2.24, 2.45) is 0 Å². The molecule has 0 amide bonds. The van der Waals surface area contributed by atoms with E-state index >= 15 is 0 Å². The number of anilines is 3. The first kappa shape index (κ1) is 32.0. The Morgan fingerprint density at radius 3 is 1.52 bits per heavy atom. The van der Waals surface area contributed by atoms with Gasteiger partial charge in [0, 0.05) is 37.2 Å². The Morgan fingerprint density at radius 2 is 0.833 bits per heavy atom. The number of rotatable bonds is 7. The second-order valence-electron chi connectivity index (χ2n) is 13.7. The van der Waals surface area contributed by atoms with Crippen molar-refractivity contribution in [3.05, 3.63) is 212 Å². The summed E-state index contributed by atoms with van der Waals surface area (Å²) in [5, 5.41) is 5.29. The normalized spacial score (nSPS) is 11.3. The predicted octanol–water partition coefficient (Wildman–Crippen LogP) is 15.3. The molecular weight excluding hydrogens is 671 g/mol. The second-order valence-corrected chi connectivity index (χ2v) is 14.8. The van der Waals surface area contributed by atoms with Gasteiger partial charge in [-0.05, 0) is 104 Å². The van der Waals surface area contributed by atoms with Crippen LogP contribution in [-0.4, -0.2) is 0 Å². The van der Waals surface area contributed by atoms with Crippen molar-refractivity contribution in [2.75, 3.05) is 4.90 Å². The zero-order valence-corrected chi connectivity index (χ0v) is 30.4. The third-order valence-corrected chi connectivity index (χ3v) is 11.6. The van der Waals surface area contributed by atoms with Crippen LogP contribution in [0, 0.1) is 0 Å². The zero-order chi connectivity index (χ0) is 35.8. The van der Waals surface area contributed by atoms with Gasteiger partial charge in [-0.15, -0.1) is 11.3 Å². The number of benzene rings is 9. The lowest BCUT2D eigenvalue weighted by atomic mass is 9.97. The summed E-state index contributed by atoms with van der Waals surface area (Å²) in [6.45, 7) is 0. The molecule has 10 aromatic rings. The van der Waals surface area contributed by atoms with E-state index in [0.29, 0.717) is 0 Å². The molecule has 9 aromatic carbocycles. The van der Waals surface area contributed by atoms with Crippen LogP contribution in [0.15, 0.2) is 212 Å². The van der Waals surface area contributed by atoms with Crippen molar-refractivity contribution in [1.82, 2.24) is 0 Å². The van der Waals surface area contributed by atoms with E-state index in [9.17, 15) is 0 Å². The molecule has 54 heavy (non-hydrogen) atoms. The lowest BCUT2D eigenvalue weighted by Gasteiger charge is -2.27. The molecule has 0 aliphatic carbocycles. The third-order valence-electron chi connectivity index (χ3n) is 10.4. The first-order valence-corrected chi connectivity index (χ1v) is 19.2. The molecule has 0 aliphatic heterocycles. The van der Waals surface area contributed by atoms with Crippen LogP contribution in [-0.2, 0) is 0 Å². The third kappa shape index (κ3) is 5.84. The molecule has 0 bridgehead atoms. The van der Waals surface area contributed by atoms with Crippen LogP contribution in [0.5, 0.6) is 0 Å². The first-order valence-electron chi connectivity index (χ1n) is 18.4. The van der Waals surface area contributed by atoms with Gasteiger partial charge in [0.2, 0.25) is 0 Å². The van der Waals surface area contributed by atoms with E-state index in [2.05, 4.69) is 217 Å². The average molecular weight is 706 g/mol. The van der Waals surface area contributed by atoms with E-state index < -0.39 is 0 Å². The van der Waals surface area contributed by atoms with Crippen molar-refractivity contribution >= 4 is 59.3 Å². The molecule has 254 valence electrons. The van der Waals surface area contributed by atoms with Gasteiger partial charge in [-0.3, -0.25) is 0 Å². The summed E-state index contributed by atoms with van der Waals surface area (Å²) in [6.07, 6.45) is 0. The average Bonchev–Trinajstić information content (AvgIpc) is 3.65. The Morgan fingerprint density at radius 1 is 0.315 bits per heavy atom. The SMILES string of the molecule is c1ccc(-c2cccc(N(c3ccc(-c4cccc(-c5cccc6c5sc5ccc7ccccc7c56)c4)cc3)c3cccc(-c4ccccc4)c3)c2)cc1. The monoisotopic (exact) mass is 705 g/mol. The van der Waals surface area contributed by atoms with Gasteiger partial charge in [-0.2, -0.15) is 0 Å². The Balaban J connectivity index is 1.04. The van der Waals surface area contributed by atoms with Crippen molar-refractivity contribution in [2.45, 2.75) is 0 Å². The van der Waals surface area contributed by atoms with Gasteiger partial charge < -0.3 is 4.90 Å². The number of thiophene rings is 1. The Bertz CT molecular complexity index is 2840. The molecule has 0 aliphatic rings. The maximum atomic E-state index is 2.37. The molecule has 0 N–H and O–H groups in total. The predicted molar refractivity (Wildman–Crippen MR) is 233 cm³/mol. The molecule has 0 spiro atoms. The summed E-state index contributed by atoms with van der Waals surface area (Å²) in [7, 11) is 0. The van der Waals surface area contributed by atoms with E-state index in [1.807, 2.05) is 11.3 Å². The Labute approximate surface area is 319 Å². The van der Waals surface area contributed by atoms with Gasteiger partial charge in [-0.1, -0.05) is 164 Å². The van der Waals surface area contributed by atoms with Gasteiger partial charge in [0.25, 0.3) is 0 Å². The topological polar surface area (TPSA) is 3.24 Å². The highest BCUT2D eigenvalue weighted by atomic mass is 32.1. The molecule has 10 rings (SSSR count). The zero-order valence-electron chi connectivity index (χ0n) is 29.6. The second kappa shape index (κ2) is 13.7. The fourth-order valence-corrected chi connectivity index (χ4v) is 9.08. The maximum absolute atomic E-state index is 2.37. The van der Waals surface area contributed by atoms with Crippen LogP contribution in [0.25, 0.3) is 75.5 Å². The van der Waals surface area contributed by atoms with Gasteiger partial charge in [0.1, 0.15) is 0 Å². The Kier molecular flexibility index (Phi) is 8.09. The van der Waals surface area contributed by atoms with Gasteiger partial charge >= 0.3 is 0 Å². The molecule has 1 aromatic heterocycles. The van der Waals surface area contributed by atoms with Gasteiger partial charge in [0.05, 0.1) is 0 Å². The van der Waals surface area contributed by atoms with Crippen molar-refractivity contribution in [3.63, 3.8) is 0 Å². The minimum absolute atomic E-state index is 1.10. The van der Waals surface area contributed by atoms with Gasteiger partial charge in [0.15, 0.2) is 0 Å². The number of hydrogen-bond acceptors (Lipinski definition) is 2. The standard InChI is InChI=1S/C52H35NS/c1-3-13-36(14-4-1)41-19-10-22-45(34-41)53(46-23-11-20-42(35-46)37-15-5-2-6-16-37)44-30-27-38(28-31-44)40-18-9-21-43(33-40)48-25-12-26-49-51-47-24-8-7-17-39(47)29-32-50(51)54-52(48)49/h1-35H. The van der Waals surface area contributed by atoms with Crippen molar-refractivity contribution in [1.29, 1.82) is 0 Å². The molecular formula is C52H35NS. The van der Waals surface area contributed by atoms with E-state index in [4.69, 9.17) is 0 Å². The molecule has 2 heteroatoms. The summed E-state index contributed by atoms with van der Waals surface area (Å²) >= 11 is 1.89. The summed E-state index contributed by atoms with van der Waals surface area (Å²) in [4.78, 5) is 2.37. The highest BCUT2D eigenvalue weighted by Crippen LogP contribution is 2.44. The highest BCUT2D eigenvalue weighted by molar-refractivity contribution is 7.26. The van der Waals surface area contributed by atoms with Crippen LogP contribution in [0.2, 0.25) is 0 Å². The minimum atomic E-state index is 1.10. The van der Waals surface area contributed by atoms with Crippen LogP contribution in [0.4, 0.5) is 17.1 Å². The van der Waals surface area contributed by atoms with Crippen LogP contribution in [0.3, 0.4) is 0 Å². The molecule has 0 saturated carbocycles. The molecule has 1 heterocycles. The quantitative estimate of drug-likeness (QED) is 0.160. The molecule has 0 atom stereocenters. The lowest BCUT2D eigenvalue weighted by Crippen LogP contribution is -2.10. The first-order chi connectivity index (χ1) is 26.8. The fourth-order valence-electron chi connectivity index (χ4n) is 7.82. The number of hydrogen-bond donors (Lipinski definition) is 0. The minimum Gasteiger partial charge on any atom is -0.310 e. The van der Waals surface area contributed by atoms with Crippen LogP contribution < -0.4 is 4.90 Å². The fraction of sp³-hybridized carbons (Fsp3) is 0. The van der Waals surface area contributed by atoms with Gasteiger partial charge in [-0.25, -0.2) is 0 Å². The summed E-state index contributed by atoms with van der Waals surface area (Å²) < 4.78 is 2.67. The van der Waals surface area contributed by atoms with Crippen molar-refractivity contribution < 1.29 is 0 Å². The van der Waals surface area contributed by atoms with E-state index in [-0.39, 0.29) is 0 Å². The molecule has 0 unspecified atom stereocenters. The smallest absolute Gasteiger partial charge is 0.0467 e. The maximum Gasteiger partial charge on any atom is 0.0467 e. The Hall–Kier alpha value is -6.74. The number of nitrogens with zero attached hydrogens (tertiary/aromatic N) is 1. The molecule has 1 nitrogen and oxygen atoms in total. The van der Waals surface area contributed by atoms with Crippen LogP contribution in [0.1, 0.15) is 0 Å². The molecule has 0 saturated heterocycles. The molecule has 0 fully saturated rings. The van der Waals surface area contributed by atoms with Crippen molar-refractivity contribution in [3.8, 4) is 44.5 Å². The summed E-state index contributed by atoms with van der Waals surface area (Å²) in [6, 6.07) is 77.0. The summed E-state index contributed by atoms with van der Waals surface area (Å²) in [5.74, 6) is 0. The lowest BCUT2D eigenvalue weighted by molar-refractivity contribution is 1.28. The molecule has 0 radical (unpaired) electrons.